The molecule has 22 heavy (non-hydrogen) atoms. The summed E-state index contributed by atoms with van der Waals surface area (Å²) in [5.74, 6) is -1.32. The van der Waals surface area contributed by atoms with E-state index in [1.807, 2.05) is 0 Å². The lowest BCUT2D eigenvalue weighted by atomic mass is 10.1. The van der Waals surface area contributed by atoms with Gasteiger partial charge >= 0.3 is 5.97 Å². The molecule has 1 rings (SSSR count). The normalized spacial score (nSPS) is 12.5. The molecule has 0 aliphatic rings. The van der Waals surface area contributed by atoms with Crippen molar-refractivity contribution in [2.45, 2.75) is 90.5 Å². The summed E-state index contributed by atoms with van der Waals surface area (Å²) in [6, 6.07) is 0. The summed E-state index contributed by atoms with van der Waals surface area (Å²) in [5, 5.41) is 20.7. The molecule has 6 heteroatoms. The number of unbranched alkanes of at least 4 members (excludes halogenated alkanes) is 9. The molecule has 1 heterocycles. The number of tetrazole rings is 1. The molecule has 1 atom stereocenters. The van der Waals surface area contributed by atoms with Gasteiger partial charge in [0, 0.05) is 0 Å². The predicted octanol–water partition coefficient (Wildman–Crippen LogP) is 3.78. The molecule has 0 aliphatic carbocycles. The molecular weight excluding hydrogens is 280 g/mol. The number of hydrogen-bond donors (Lipinski definition) is 1. The highest BCUT2D eigenvalue weighted by Gasteiger charge is 2.18. The lowest BCUT2D eigenvalue weighted by Gasteiger charge is -2.02. The summed E-state index contributed by atoms with van der Waals surface area (Å²) >= 11 is 0. The topological polar surface area (TPSA) is 80.9 Å². The van der Waals surface area contributed by atoms with E-state index in [-0.39, 0.29) is 0 Å². The number of nitrogens with zero attached hydrogens (tertiary/aromatic N) is 4. The number of carboxylic acids is 1. The summed E-state index contributed by atoms with van der Waals surface area (Å²) in [7, 11) is 0. The van der Waals surface area contributed by atoms with Gasteiger partial charge in [0.25, 0.3) is 0 Å². The standard InChI is InChI=1S/C16H30N4O2/c1-3-4-5-6-7-8-9-10-11-12-13-20-18-15(17-19-20)14(2)16(21)22/h14H,3-13H2,1-2H3,(H,21,22). The number of rotatable bonds is 13. The first-order valence-electron chi connectivity index (χ1n) is 8.65. The van der Waals surface area contributed by atoms with Crippen molar-refractivity contribution in [3.63, 3.8) is 0 Å². The Kier molecular flexibility index (Phi) is 9.42. The summed E-state index contributed by atoms with van der Waals surface area (Å²) < 4.78 is 0. The first-order chi connectivity index (χ1) is 10.6. The molecule has 0 spiro atoms. The van der Waals surface area contributed by atoms with Crippen LogP contribution in [0.1, 0.15) is 89.8 Å². The van der Waals surface area contributed by atoms with Crippen LogP contribution in [0.3, 0.4) is 0 Å². The van der Waals surface area contributed by atoms with Crippen LogP contribution in [0, 0.1) is 0 Å². The van der Waals surface area contributed by atoms with E-state index < -0.39 is 11.9 Å². The minimum absolute atomic E-state index is 0.291. The number of carboxylic acid groups (broad SMARTS) is 1. The lowest BCUT2D eigenvalue weighted by molar-refractivity contribution is -0.138. The predicted molar refractivity (Wildman–Crippen MR) is 85.7 cm³/mol. The zero-order valence-electron chi connectivity index (χ0n) is 14.0. The molecule has 0 saturated heterocycles. The van der Waals surface area contributed by atoms with Crippen LogP contribution in [0.2, 0.25) is 0 Å². The summed E-state index contributed by atoms with van der Waals surface area (Å²) in [5.41, 5.74) is 0. The average molecular weight is 310 g/mol. The second kappa shape index (κ2) is 11.2. The zero-order chi connectivity index (χ0) is 16.2. The molecule has 126 valence electrons. The van der Waals surface area contributed by atoms with Crippen molar-refractivity contribution in [3.05, 3.63) is 5.82 Å². The minimum atomic E-state index is -0.918. The van der Waals surface area contributed by atoms with E-state index in [0.29, 0.717) is 5.82 Å². The largest absolute Gasteiger partial charge is 0.481 e. The van der Waals surface area contributed by atoms with Crippen LogP contribution in [0.25, 0.3) is 0 Å². The highest BCUT2D eigenvalue weighted by atomic mass is 16.4. The molecule has 0 bridgehead atoms. The van der Waals surface area contributed by atoms with Gasteiger partial charge in [-0.2, -0.15) is 4.80 Å². The minimum Gasteiger partial charge on any atom is -0.481 e. The van der Waals surface area contributed by atoms with E-state index in [1.54, 1.807) is 6.92 Å². The van der Waals surface area contributed by atoms with E-state index in [1.165, 1.54) is 62.6 Å². The molecule has 0 fully saturated rings. The van der Waals surface area contributed by atoms with Crippen LogP contribution in [-0.4, -0.2) is 31.3 Å². The van der Waals surface area contributed by atoms with Gasteiger partial charge in [0.05, 0.1) is 6.54 Å². The number of aliphatic carboxylic acids is 1. The SMILES string of the molecule is CCCCCCCCCCCCn1nnc(C(C)C(=O)O)n1. The number of carbonyl (C=O) groups is 1. The van der Waals surface area contributed by atoms with Crippen LogP contribution in [-0.2, 0) is 11.3 Å². The molecule has 1 unspecified atom stereocenters. The molecule has 1 aromatic heterocycles. The first kappa shape index (κ1) is 18.6. The second-order valence-electron chi connectivity index (χ2n) is 5.99. The van der Waals surface area contributed by atoms with Crippen molar-refractivity contribution >= 4 is 5.97 Å². The summed E-state index contributed by atoms with van der Waals surface area (Å²) in [6.07, 6.45) is 12.9. The van der Waals surface area contributed by atoms with Gasteiger partial charge < -0.3 is 5.11 Å². The van der Waals surface area contributed by atoms with Gasteiger partial charge in [0.1, 0.15) is 5.92 Å². The monoisotopic (exact) mass is 310 g/mol. The quantitative estimate of drug-likeness (QED) is 0.561. The van der Waals surface area contributed by atoms with Crippen LogP contribution in [0.5, 0.6) is 0 Å². The molecule has 0 saturated carbocycles. The van der Waals surface area contributed by atoms with Crippen molar-refractivity contribution < 1.29 is 9.90 Å². The number of aromatic nitrogens is 4. The molecule has 6 nitrogen and oxygen atoms in total. The van der Waals surface area contributed by atoms with Gasteiger partial charge in [-0.25, -0.2) is 0 Å². The van der Waals surface area contributed by atoms with E-state index in [0.717, 1.165) is 13.0 Å². The lowest BCUT2D eigenvalue weighted by Crippen LogP contribution is -2.10. The maximum absolute atomic E-state index is 10.8. The van der Waals surface area contributed by atoms with Gasteiger partial charge in [-0.1, -0.05) is 64.7 Å². The molecule has 0 amide bonds. The van der Waals surface area contributed by atoms with Gasteiger partial charge in [0.2, 0.25) is 0 Å². The van der Waals surface area contributed by atoms with Crippen molar-refractivity contribution in [3.8, 4) is 0 Å². The fourth-order valence-electron chi connectivity index (χ4n) is 2.37. The Morgan fingerprint density at radius 1 is 1.05 bits per heavy atom. The Hall–Kier alpha value is -1.46. The Bertz CT molecular complexity index is 420. The molecule has 0 radical (unpaired) electrons. The van der Waals surface area contributed by atoms with Crippen molar-refractivity contribution in [2.75, 3.05) is 0 Å². The zero-order valence-corrected chi connectivity index (χ0v) is 14.0. The number of aryl methyl sites for hydroxylation is 1. The molecule has 1 N–H and O–H groups in total. The number of hydrogen-bond acceptors (Lipinski definition) is 4. The smallest absolute Gasteiger partial charge is 0.314 e. The Balaban J connectivity index is 2.02. The van der Waals surface area contributed by atoms with Crippen LogP contribution in [0.4, 0.5) is 0 Å². The highest BCUT2D eigenvalue weighted by molar-refractivity contribution is 5.74. The molecule has 1 aromatic rings. The van der Waals surface area contributed by atoms with Crippen molar-refractivity contribution in [2.24, 2.45) is 0 Å². The van der Waals surface area contributed by atoms with E-state index in [2.05, 4.69) is 22.3 Å². The van der Waals surface area contributed by atoms with Crippen molar-refractivity contribution in [1.82, 2.24) is 20.2 Å². The molecule has 0 aliphatic heterocycles. The van der Waals surface area contributed by atoms with Crippen LogP contribution < -0.4 is 0 Å². The van der Waals surface area contributed by atoms with E-state index in [4.69, 9.17) is 5.11 Å². The maximum Gasteiger partial charge on any atom is 0.314 e. The third-order valence-electron chi connectivity index (χ3n) is 3.94. The van der Waals surface area contributed by atoms with Gasteiger partial charge in [-0.15, -0.1) is 10.2 Å². The van der Waals surface area contributed by atoms with Crippen molar-refractivity contribution in [1.29, 1.82) is 0 Å². The third-order valence-corrected chi connectivity index (χ3v) is 3.94. The van der Waals surface area contributed by atoms with Gasteiger partial charge in [0.15, 0.2) is 5.82 Å². The summed E-state index contributed by atoms with van der Waals surface area (Å²) in [6.45, 7) is 4.54. The van der Waals surface area contributed by atoms with Gasteiger partial charge in [-0.3, -0.25) is 4.79 Å². The Labute approximate surface area is 133 Å². The molecule has 0 aromatic carbocycles. The summed E-state index contributed by atoms with van der Waals surface area (Å²) in [4.78, 5) is 12.3. The Morgan fingerprint density at radius 3 is 2.14 bits per heavy atom. The van der Waals surface area contributed by atoms with Crippen LogP contribution >= 0.6 is 0 Å². The van der Waals surface area contributed by atoms with Crippen LogP contribution in [0.15, 0.2) is 0 Å². The fourth-order valence-corrected chi connectivity index (χ4v) is 2.37. The van der Waals surface area contributed by atoms with E-state index >= 15 is 0 Å². The van der Waals surface area contributed by atoms with E-state index in [9.17, 15) is 4.79 Å². The van der Waals surface area contributed by atoms with Gasteiger partial charge in [-0.05, 0) is 18.6 Å². The Morgan fingerprint density at radius 2 is 1.59 bits per heavy atom. The first-order valence-corrected chi connectivity index (χ1v) is 8.65. The third kappa shape index (κ3) is 7.52. The fraction of sp³-hybridized carbons (Fsp3) is 0.875. The molecular formula is C16H30N4O2. The highest BCUT2D eigenvalue weighted by Crippen LogP contribution is 2.11. The second-order valence-corrected chi connectivity index (χ2v) is 5.99. The maximum atomic E-state index is 10.8. The average Bonchev–Trinajstić information content (AvgIpc) is 2.97.